The van der Waals surface area contributed by atoms with Crippen molar-refractivity contribution in [3.05, 3.63) is 54.4 Å². The fraction of sp³-hybridized carbons (Fsp3) is 0.368. The third-order valence-corrected chi connectivity index (χ3v) is 3.70. The number of carbonyl (C=O) groups is 1. The van der Waals surface area contributed by atoms with Crippen LogP contribution in [0, 0.1) is 0 Å². The first-order valence-electron chi connectivity index (χ1n) is 8.17. The zero-order valence-corrected chi connectivity index (χ0v) is 15.0. The lowest BCUT2D eigenvalue weighted by atomic mass is 10.2. The highest BCUT2D eigenvalue weighted by molar-refractivity contribution is 5.77. The molecule has 0 fully saturated rings. The van der Waals surface area contributed by atoms with Gasteiger partial charge in [-0.15, -0.1) is 0 Å². The Kier molecular flexibility index (Phi) is 7.37. The number of amides is 1. The first kappa shape index (κ1) is 18.9. The molecule has 6 heteroatoms. The minimum atomic E-state index is 0.0572. The number of carbonyl (C=O) groups excluding carboxylic acids is 1. The van der Waals surface area contributed by atoms with Gasteiger partial charge in [-0.1, -0.05) is 18.2 Å². The lowest BCUT2D eigenvalue weighted by Gasteiger charge is -2.24. The second-order valence-electron chi connectivity index (χ2n) is 5.89. The first-order valence-corrected chi connectivity index (χ1v) is 8.17. The number of aromatic nitrogens is 1. The lowest BCUT2D eigenvalue weighted by Crippen LogP contribution is -2.38. The van der Waals surface area contributed by atoms with Gasteiger partial charge < -0.3 is 14.4 Å². The molecule has 1 aromatic carbocycles. The third kappa shape index (κ3) is 6.17. The van der Waals surface area contributed by atoms with Crippen LogP contribution in [-0.4, -0.2) is 61.6 Å². The number of likely N-dealkylation sites (N-methyl/N-ethyl adjacent to an activating group) is 1. The molecule has 25 heavy (non-hydrogen) atoms. The lowest BCUT2D eigenvalue weighted by molar-refractivity contribution is -0.130. The average Bonchev–Trinajstić information content (AvgIpc) is 2.62. The number of pyridine rings is 1. The van der Waals surface area contributed by atoms with Gasteiger partial charge in [0.25, 0.3) is 0 Å². The van der Waals surface area contributed by atoms with E-state index in [-0.39, 0.29) is 5.91 Å². The van der Waals surface area contributed by atoms with Crippen LogP contribution >= 0.6 is 0 Å². The summed E-state index contributed by atoms with van der Waals surface area (Å²) in [6.45, 7) is 2.15. The molecule has 134 valence electrons. The monoisotopic (exact) mass is 343 g/mol. The fourth-order valence-corrected chi connectivity index (χ4v) is 2.28. The Morgan fingerprint density at radius 2 is 1.96 bits per heavy atom. The number of methoxy groups -OCH3 is 1. The molecule has 1 amide bonds. The summed E-state index contributed by atoms with van der Waals surface area (Å²) in [4.78, 5) is 19.8. The van der Waals surface area contributed by atoms with Gasteiger partial charge in [0.1, 0.15) is 11.5 Å². The van der Waals surface area contributed by atoms with Gasteiger partial charge in [0, 0.05) is 46.1 Å². The Bertz CT molecular complexity index is 662. The van der Waals surface area contributed by atoms with Gasteiger partial charge in [-0.05, 0) is 18.2 Å². The molecule has 1 heterocycles. The van der Waals surface area contributed by atoms with Gasteiger partial charge in [0.15, 0.2) is 0 Å². The van der Waals surface area contributed by atoms with Crippen LogP contribution in [0.3, 0.4) is 0 Å². The summed E-state index contributed by atoms with van der Waals surface area (Å²) < 4.78 is 11.1. The van der Waals surface area contributed by atoms with E-state index in [1.807, 2.05) is 36.4 Å². The zero-order chi connectivity index (χ0) is 18.1. The van der Waals surface area contributed by atoms with E-state index in [0.717, 1.165) is 11.3 Å². The van der Waals surface area contributed by atoms with E-state index in [2.05, 4.69) is 9.88 Å². The standard InChI is InChI=1S/C19H25N3O3/c1-21(2)19(23)15-22(11-12-24-3)14-16-7-4-5-9-18(16)25-17-8-6-10-20-13-17/h4-10,13H,11-12,14-15H2,1-3H3. The number of hydrogen-bond acceptors (Lipinski definition) is 5. The Morgan fingerprint density at radius 1 is 1.16 bits per heavy atom. The van der Waals surface area contributed by atoms with Crippen molar-refractivity contribution in [3.8, 4) is 11.5 Å². The number of benzene rings is 1. The van der Waals surface area contributed by atoms with Crippen molar-refractivity contribution in [2.24, 2.45) is 0 Å². The van der Waals surface area contributed by atoms with Crippen LogP contribution in [0.4, 0.5) is 0 Å². The van der Waals surface area contributed by atoms with Crippen molar-refractivity contribution >= 4 is 5.91 Å². The molecular formula is C19H25N3O3. The zero-order valence-electron chi connectivity index (χ0n) is 15.0. The Labute approximate surface area is 149 Å². The summed E-state index contributed by atoms with van der Waals surface area (Å²) in [5.41, 5.74) is 1.01. The second kappa shape index (κ2) is 9.76. The molecule has 2 aromatic rings. The van der Waals surface area contributed by atoms with Crippen LogP contribution < -0.4 is 4.74 Å². The maximum absolute atomic E-state index is 12.1. The van der Waals surface area contributed by atoms with Crippen molar-refractivity contribution in [2.45, 2.75) is 6.54 Å². The summed E-state index contributed by atoms with van der Waals surface area (Å²) in [7, 11) is 5.18. The van der Waals surface area contributed by atoms with E-state index < -0.39 is 0 Å². The van der Waals surface area contributed by atoms with Crippen molar-refractivity contribution in [1.29, 1.82) is 0 Å². The minimum absolute atomic E-state index is 0.0572. The van der Waals surface area contributed by atoms with Crippen molar-refractivity contribution in [3.63, 3.8) is 0 Å². The Morgan fingerprint density at radius 3 is 2.64 bits per heavy atom. The van der Waals surface area contributed by atoms with Gasteiger partial charge in [-0.25, -0.2) is 0 Å². The van der Waals surface area contributed by atoms with Gasteiger partial charge >= 0.3 is 0 Å². The molecule has 0 aliphatic rings. The van der Waals surface area contributed by atoms with Crippen LogP contribution in [0.15, 0.2) is 48.8 Å². The molecule has 0 saturated heterocycles. The Balaban J connectivity index is 2.13. The van der Waals surface area contributed by atoms with E-state index in [1.165, 1.54) is 0 Å². The summed E-state index contributed by atoms with van der Waals surface area (Å²) >= 11 is 0. The molecule has 6 nitrogen and oxygen atoms in total. The van der Waals surface area contributed by atoms with Crippen LogP contribution in [0.2, 0.25) is 0 Å². The molecule has 1 aromatic heterocycles. The molecular weight excluding hydrogens is 318 g/mol. The van der Waals surface area contributed by atoms with E-state index >= 15 is 0 Å². The van der Waals surface area contributed by atoms with E-state index in [4.69, 9.17) is 9.47 Å². The molecule has 0 N–H and O–H groups in total. The molecule has 0 bridgehead atoms. The Hall–Kier alpha value is -2.44. The molecule has 0 saturated carbocycles. The van der Waals surface area contributed by atoms with Crippen molar-refractivity contribution in [1.82, 2.24) is 14.8 Å². The highest BCUT2D eigenvalue weighted by Gasteiger charge is 2.15. The van der Waals surface area contributed by atoms with Crippen LogP contribution in [-0.2, 0) is 16.1 Å². The molecule has 0 aliphatic carbocycles. The summed E-state index contributed by atoms with van der Waals surface area (Å²) in [6.07, 6.45) is 3.38. The predicted molar refractivity (Wildman–Crippen MR) is 96.6 cm³/mol. The topological polar surface area (TPSA) is 54.9 Å². The van der Waals surface area contributed by atoms with E-state index in [9.17, 15) is 4.79 Å². The highest BCUT2D eigenvalue weighted by atomic mass is 16.5. The highest BCUT2D eigenvalue weighted by Crippen LogP contribution is 2.25. The van der Waals surface area contributed by atoms with Crippen LogP contribution in [0.25, 0.3) is 0 Å². The van der Waals surface area contributed by atoms with Gasteiger partial charge in [-0.3, -0.25) is 14.7 Å². The van der Waals surface area contributed by atoms with Gasteiger partial charge in [-0.2, -0.15) is 0 Å². The number of nitrogens with zero attached hydrogens (tertiary/aromatic N) is 3. The summed E-state index contributed by atoms with van der Waals surface area (Å²) in [5.74, 6) is 1.50. The maximum Gasteiger partial charge on any atom is 0.236 e. The van der Waals surface area contributed by atoms with Gasteiger partial charge in [0.05, 0.1) is 19.3 Å². The molecule has 0 aliphatic heterocycles. The second-order valence-corrected chi connectivity index (χ2v) is 5.89. The fourth-order valence-electron chi connectivity index (χ4n) is 2.28. The number of ether oxygens (including phenoxy) is 2. The SMILES string of the molecule is COCCN(CC(=O)N(C)C)Cc1ccccc1Oc1cccnc1. The minimum Gasteiger partial charge on any atom is -0.455 e. The maximum atomic E-state index is 12.1. The first-order chi connectivity index (χ1) is 12.1. The molecule has 0 radical (unpaired) electrons. The quantitative estimate of drug-likeness (QED) is 0.700. The predicted octanol–water partition coefficient (Wildman–Crippen LogP) is 2.41. The van der Waals surface area contributed by atoms with E-state index in [1.54, 1.807) is 38.5 Å². The number of hydrogen-bond donors (Lipinski definition) is 0. The molecule has 0 unspecified atom stereocenters. The number of para-hydroxylation sites is 1. The van der Waals surface area contributed by atoms with Gasteiger partial charge in [0.2, 0.25) is 5.91 Å². The normalized spacial score (nSPS) is 10.7. The van der Waals surface area contributed by atoms with E-state index in [0.29, 0.717) is 32.0 Å². The molecule has 0 atom stereocenters. The average molecular weight is 343 g/mol. The molecule has 2 rings (SSSR count). The molecule has 0 spiro atoms. The van der Waals surface area contributed by atoms with Crippen LogP contribution in [0.5, 0.6) is 11.5 Å². The largest absolute Gasteiger partial charge is 0.455 e. The number of rotatable bonds is 9. The smallest absolute Gasteiger partial charge is 0.236 e. The summed E-state index contributed by atoms with van der Waals surface area (Å²) in [6, 6.07) is 11.5. The summed E-state index contributed by atoms with van der Waals surface area (Å²) in [5, 5.41) is 0. The van der Waals surface area contributed by atoms with Crippen molar-refractivity contribution < 1.29 is 14.3 Å². The van der Waals surface area contributed by atoms with Crippen molar-refractivity contribution in [2.75, 3.05) is 40.9 Å². The van der Waals surface area contributed by atoms with Crippen LogP contribution in [0.1, 0.15) is 5.56 Å². The third-order valence-electron chi connectivity index (χ3n) is 3.70.